The van der Waals surface area contributed by atoms with E-state index in [4.69, 9.17) is 15.0 Å². The van der Waals surface area contributed by atoms with E-state index in [-0.39, 0.29) is 0 Å². The predicted octanol–water partition coefficient (Wildman–Crippen LogP) is 9.42. The number of benzene rings is 5. The van der Waals surface area contributed by atoms with E-state index in [2.05, 4.69) is 97.1 Å². The fourth-order valence-electron chi connectivity index (χ4n) is 4.71. The van der Waals surface area contributed by atoms with Gasteiger partial charge in [0.1, 0.15) is 5.01 Å². The molecule has 2 heterocycles. The molecule has 0 saturated carbocycles. The average Bonchev–Trinajstić information content (AvgIpc) is 3.46. The number of nitrogens with zero attached hydrogens (tertiary/aromatic N) is 3. The molecule has 7 aromatic rings. The number of hydrogen-bond donors (Lipinski definition) is 0. The van der Waals surface area contributed by atoms with E-state index in [1.807, 2.05) is 42.5 Å². The number of aromatic nitrogens is 3. The van der Waals surface area contributed by atoms with Crippen LogP contribution in [0.5, 0.6) is 0 Å². The standard InChI is InChI=1S/C35H23N3S/c1-4-10-24(11-5-1)25-16-18-26(19-17-25)31-23-32(37-34(36-31)27-12-6-2-7-13-27)29-20-21-30-33(22-29)39-35(38-30)28-14-8-3-9-15-28/h1-23H. The molecule has 0 saturated heterocycles. The lowest BCUT2D eigenvalue weighted by molar-refractivity contribution is 1.18. The molecule has 0 fully saturated rings. The van der Waals surface area contributed by atoms with Gasteiger partial charge in [0.2, 0.25) is 0 Å². The molecule has 0 unspecified atom stereocenters. The largest absolute Gasteiger partial charge is 0.236 e. The smallest absolute Gasteiger partial charge is 0.160 e. The third kappa shape index (κ3) is 4.74. The van der Waals surface area contributed by atoms with Gasteiger partial charge in [0, 0.05) is 22.3 Å². The van der Waals surface area contributed by atoms with E-state index in [0.29, 0.717) is 5.82 Å². The van der Waals surface area contributed by atoms with E-state index >= 15 is 0 Å². The van der Waals surface area contributed by atoms with Crippen LogP contribution >= 0.6 is 11.3 Å². The Labute approximate surface area is 231 Å². The summed E-state index contributed by atoms with van der Waals surface area (Å²) in [5.41, 5.74) is 9.40. The quantitative estimate of drug-likeness (QED) is 0.228. The third-order valence-electron chi connectivity index (χ3n) is 6.75. The van der Waals surface area contributed by atoms with Crippen molar-refractivity contribution in [3.05, 3.63) is 140 Å². The summed E-state index contributed by atoms with van der Waals surface area (Å²) in [6, 6.07) is 48.0. The molecule has 0 spiro atoms. The maximum atomic E-state index is 5.01. The van der Waals surface area contributed by atoms with Crippen molar-refractivity contribution in [3.63, 3.8) is 0 Å². The molecule has 3 nitrogen and oxygen atoms in total. The highest BCUT2D eigenvalue weighted by molar-refractivity contribution is 7.21. The fraction of sp³-hybridized carbons (Fsp3) is 0. The van der Waals surface area contributed by atoms with Gasteiger partial charge in [0.25, 0.3) is 0 Å². The van der Waals surface area contributed by atoms with Gasteiger partial charge >= 0.3 is 0 Å². The van der Waals surface area contributed by atoms with Crippen LogP contribution in [0.2, 0.25) is 0 Å². The lowest BCUT2D eigenvalue weighted by Gasteiger charge is -2.10. The number of thiazole rings is 1. The van der Waals surface area contributed by atoms with Crippen molar-refractivity contribution in [1.29, 1.82) is 0 Å². The van der Waals surface area contributed by atoms with Crippen LogP contribution in [-0.2, 0) is 0 Å². The Morgan fingerprint density at radius 1 is 0.385 bits per heavy atom. The monoisotopic (exact) mass is 517 g/mol. The van der Waals surface area contributed by atoms with Gasteiger partial charge in [-0.15, -0.1) is 11.3 Å². The molecule has 0 amide bonds. The minimum Gasteiger partial charge on any atom is -0.236 e. The van der Waals surface area contributed by atoms with E-state index in [1.165, 1.54) is 11.1 Å². The van der Waals surface area contributed by atoms with Crippen LogP contribution in [0.15, 0.2) is 140 Å². The SMILES string of the molecule is c1ccc(-c2ccc(-c3cc(-c4ccc5nc(-c6ccccc6)sc5c4)nc(-c4ccccc4)n3)cc2)cc1. The predicted molar refractivity (Wildman–Crippen MR) is 162 cm³/mol. The van der Waals surface area contributed by atoms with Gasteiger partial charge in [0.15, 0.2) is 5.82 Å². The molecule has 184 valence electrons. The molecular weight excluding hydrogens is 494 g/mol. The molecular formula is C35H23N3S. The molecule has 4 heteroatoms. The lowest BCUT2D eigenvalue weighted by Crippen LogP contribution is -1.95. The summed E-state index contributed by atoms with van der Waals surface area (Å²) in [6.45, 7) is 0. The first-order valence-corrected chi connectivity index (χ1v) is 13.7. The summed E-state index contributed by atoms with van der Waals surface area (Å²) in [7, 11) is 0. The van der Waals surface area contributed by atoms with Crippen molar-refractivity contribution in [3.8, 4) is 55.6 Å². The molecule has 5 aromatic carbocycles. The van der Waals surface area contributed by atoms with Gasteiger partial charge < -0.3 is 0 Å². The lowest BCUT2D eigenvalue weighted by atomic mass is 10.0. The molecule has 0 N–H and O–H groups in total. The fourth-order valence-corrected chi connectivity index (χ4v) is 5.72. The first kappa shape index (κ1) is 23.2. The van der Waals surface area contributed by atoms with Gasteiger partial charge in [-0.2, -0.15) is 0 Å². The summed E-state index contributed by atoms with van der Waals surface area (Å²) in [6.07, 6.45) is 0. The third-order valence-corrected chi connectivity index (χ3v) is 7.82. The molecule has 0 aliphatic carbocycles. The Bertz CT molecular complexity index is 1880. The second-order valence-electron chi connectivity index (χ2n) is 9.34. The number of rotatable bonds is 5. The van der Waals surface area contributed by atoms with Crippen molar-refractivity contribution in [2.45, 2.75) is 0 Å². The van der Waals surface area contributed by atoms with E-state index < -0.39 is 0 Å². The molecule has 0 bridgehead atoms. The minimum absolute atomic E-state index is 0.713. The molecule has 0 aliphatic heterocycles. The summed E-state index contributed by atoms with van der Waals surface area (Å²) in [5.74, 6) is 0.713. The molecule has 7 rings (SSSR count). The molecule has 0 radical (unpaired) electrons. The zero-order valence-corrected chi connectivity index (χ0v) is 21.8. The van der Waals surface area contributed by atoms with Crippen LogP contribution in [-0.4, -0.2) is 15.0 Å². The number of hydrogen-bond acceptors (Lipinski definition) is 4. The van der Waals surface area contributed by atoms with Crippen LogP contribution in [0.1, 0.15) is 0 Å². The van der Waals surface area contributed by atoms with Crippen molar-refractivity contribution in [1.82, 2.24) is 15.0 Å². The molecule has 0 aliphatic rings. The highest BCUT2D eigenvalue weighted by atomic mass is 32.1. The molecule has 2 aromatic heterocycles. The Hall–Kier alpha value is -4.93. The minimum atomic E-state index is 0.713. The Kier molecular flexibility index (Phi) is 6.00. The maximum absolute atomic E-state index is 5.01. The summed E-state index contributed by atoms with van der Waals surface area (Å²) in [4.78, 5) is 14.9. The van der Waals surface area contributed by atoms with Crippen LogP contribution in [0.3, 0.4) is 0 Å². The van der Waals surface area contributed by atoms with Crippen molar-refractivity contribution in [2.24, 2.45) is 0 Å². The van der Waals surface area contributed by atoms with E-state index in [9.17, 15) is 0 Å². The van der Waals surface area contributed by atoms with Crippen molar-refractivity contribution < 1.29 is 0 Å². The highest BCUT2D eigenvalue weighted by Crippen LogP contribution is 2.34. The second-order valence-corrected chi connectivity index (χ2v) is 10.4. The van der Waals surface area contributed by atoms with Gasteiger partial charge in [0.05, 0.1) is 21.6 Å². The summed E-state index contributed by atoms with van der Waals surface area (Å²) < 4.78 is 1.14. The molecule has 0 atom stereocenters. The van der Waals surface area contributed by atoms with E-state index in [0.717, 1.165) is 48.9 Å². The Balaban J connectivity index is 1.32. The second kappa shape index (κ2) is 10.1. The highest BCUT2D eigenvalue weighted by Gasteiger charge is 2.13. The number of fused-ring (bicyclic) bond motifs is 1. The van der Waals surface area contributed by atoms with Crippen LogP contribution in [0.25, 0.3) is 65.8 Å². The average molecular weight is 518 g/mol. The van der Waals surface area contributed by atoms with Crippen LogP contribution in [0, 0.1) is 0 Å². The first-order chi connectivity index (χ1) is 19.3. The van der Waals surface area contributed by atoms with Gasteiger partial charge in [-0.1, -0.05) is 121 Å². The van der Waals surface area contributed by atoms with Gasteiger partial charge in [-0.05, 0) is 29.3 Å². The van der Waals surface area contributed by atoms with Crippen molar-refractivity contribution >= 4 is 21.6 Å². The summed E-state index contributed by atoms with van der Waals surface area (Å²) in [5, 5.41) is 1.02. The first-order valence-electron chi connectivity index (χ1n) is 12.9. The maximum Gasteiger partial charge on any atom is 0.160 e. The zero-order chi connectivity index (χ0) is 26.0. The van der Waals surface area contributed by atoms with E-state index in [1.54, 1.807) is 11.3 Å². The Morgan fingerprint density at radius 2 is 0.897 bits per heavy atom. The van der Waals surface area contributed by atoms with Gasteiger partial charge in [-0.25, -0.2) is 15.0 Å². The Morgan fingerprint density at radius 3 is 1.56 bits per heavy atom. The van der Waals surface area contributed by atoms with Crippen molar-refractivity contribution in [2.75, 3.05) is 0 Å². The zero-order valence-electron chi connectivity index (χ0n) is 21.0. The topological polar surface area (TPSA) is 38.7 Å². The molecule has 39 heavy (non-hydrogen) atoms. The van der Waals surface area contributed by atoms with Crippen LogP contribution in [0.4, 0.5) is 0 Å². The van der Waals surface area contributed by atoms with Gasteiger partial charge in [-0.3, -0.25) is 0 Å². The summed E-state index contributed by atoms with van der Waals surface area (Å²) >= 11 is 1.71. The normalized spacial score (nSPS) is 11.1. The van der Waals surface area contributed by atoms with Crippen LogP contribution < -0.4 is 0 Å².